The number of aryl methyl sites for hydroxylation is 1. The Bertz CT molecular complexity index is 652. The second kappa shape index (κ2) is 7.33. The van der Waals surface area contributed by atoms with Crippen molar-refractivity contribution >= 4 is 5.91 Å². The van der Waals surface area contributed by atoms with Gasteiger partial charge in [-0.25, -0.2) is 4.68 Å². The molecule has 1 amide bonds. The maximum Gasteiger partial charge on any atom is 0.271 e. The quantitative estimate of drug-likeness (QED) is 0.860. The van der Waals surface area contributed by atoms with Gasteiger partial charge >= 0.3 is 0 Å². The summed E-state index contributed by atoms with van der Waals surface area (Å²) in [6.45, 7) is 2.94. The van der Waals surface area contributed by atoms with E-state index in [9.17, 15) is 9.59 Å². The molecule has 2 aromatic heterocycles. The minimum atomic E-state index is -0.282. The van der Waals surface area contributed by atoms with Gasteiger partial charge in [-0.2, -0.15) is 5.10 Å². The highest BCUT2D eigenvalue weighted by molar-refractivity contribution is 5.91. The highest BCUT2D eigenvalue weighted by atomic mass is 16.2. The molecular weight excluding hydrogens is 268 g/mol. The van der Waals surface area contributed by atoms with Gasteiger partial charge in [-0.1, -0.05) is 13.0 Å². The van der Waals surface area contributed by atoms with E-state index >= 15 is 0 Å². The lowest BCUT2D eigenvalue weighted by Gasteiger charge is -2.07. The van der Waals surface area contributed by atoms with Crippen LogP contribution in [0.25, 0.3) is 0 Å². The Morgan fingerprint density at radius 3 is 2.86 bits per heavy atom. The van der Waals surface area contributed by atoms with E-state index in [0.29, 0.717) is 19.5 Å². The van der Waals surface area contributed by atoms with Gasteiger partial charge in [0.2, 0.25) is 0 Å². The van der Waals surface area contributed by atoms with Crippen LogP contribution in [0.2, 0.25) is 0 Å². The number of aromatic nitrogens is 3. The number of nitrogens with zero attached hydrogens (tertiary/aromatic N) is 3. The number of amides is 1. The van der Waals surface area contributed by atoms with E-state index in [1.165, 1.54) is 16.8 Å². The van der Waals surface area contributed by atoms with E-state index in [2.05, 4.69) is 15.4 Å². The first-order chi connectivity index (χ1) is 10.2. The summed E-state index contributed by atoms with van der Waals surface area (Å²) in [6, 6.07) is 8.49. The lowest BCUT2D eigenvalue weighted by Crippen LogP contribution is -2.30. The summed E-state index contributed by atoms with van der Waals surface area (Å²) in [5, 5.41) is 6.84. The Hall–Kier alpha value is -2.50. The summed E-state index contributed by atoms with van der Waals surface area (Å²) >= 11 is 0. The molecule has 0 aliphatic carbocycles. The molecule has 1 N–H and O–H groups in total. The van der Waals surface area contributed by atoms with E-state index in [4.69, 9.17) is 0 Å². The summed E-state index contributed by atoms with van der Waals surface area (Å²) in [7, 11) is 0. The molecule has 2 heterocycles. The average Bonchev–Trinajstić information content (AvgIpc) is 2.50. The topological polar surface area (TPSA) is 76.9 Å². The maximum absolute atomic E-state index is 12.0. The predicted octanol–water partition coefficient (Wildman–Crippen LogP) is 1.02. The van der Waals surface area contributed by atoms with Crippen LogP contribution in [0.4, 0.5) is 0 Å². The number of nitrogens with one attached hydrogen (secondary N) is 1. The molecule has 0 spiro atoms. The second-order valence-corrected chi connectivity index (χ2v) is 4.61. The molecule has 0 unspecified atom stereocenters. The van der Waals surface area contributed by atoms with Crippen LogP contribution >= 0.6 is 0 Å². The van der Waals surface area contributed by atoms with E-state index in [1.54, 1.807) is 6.20 Å². The molecule has 0 bridgehead atoms. The fraction of sp³-hybridized carbons (Fsp3) is 0.333. The van der Waals surface area contributed by atoms with Crippen molar-refractivity contribution < 1.29 is 4.79 Å². The third-order valence-corrected chi connectivity index (χ3v) is 2.93. The van der Waals surface area contributed by atoms with Crippen LogP contribution in [0, 0.1) is 0 Å². The molecule has 0 fully saturated rings. The van der Waals surface area contributed by atoms with Gasteiger partial charge in [0.1, 0.15) is 5.69 Å². The van der Waals surface area contributed by atoms with Crippen molar-refractivity contribution in [3.05, 3.63) is 58.3 Å². The largest absolute Gasteiger partial charge is 0.350 e. The number of carbonyl (C=O) groups excluding carboxylic acids is 1. The molecule has 0 aromatic carbocycles. The number of hydrogen-bond donors (Lipinski definition) is 1. The SMILES string of the molecule is CCCn1nc(C(=O)NCCc2ccccn2)ccc1=O. The molecule has 6 heteroatoms. The van der Waals surface area contributed by atoms with Crippen molar-refractivity contribution in [1.29, 1.82) is 0 Å². The zero-order chi connectivity index (χ0) is 15.1. The first kappa shape index (κ1) is 14.9. The first-order valence-electron chi connectivity index (χ1n) is 6.97. The van der Waals surface area contributed by atoms with Gasteiger partial charge in [-0.3, -0.25) is 14.6 Å². The molecule has 21 heavy (non-hydrogen) atoms. The molecular formula is C15H18N4O2. The number of carbonyl (C=O) groups is 1. The van der Waals surface area contributed by atoms with E-state index in [1.807, 2.05) is 25.1 Å². The van der Waals surface area contributed by atoms with Crippen LogP contribution in [-0.2, 0) is 13.0 Å². The Balaban J connectivity index is 1.94. The van der Waals surface area contributed by atoms with Crippen LogP contribution in [0.5, 0.6) is 0 Å². The Kier molecular flexibility index (Phi) is 5.20. The summed E-state index contributed by atoms with van der Waals surface area (Å²) in [6.07, 6.45) is 3.16. The smallest absolute Gasteiger partial charge is 0.271 e. The van der Waals surface area contributed by atoms with Gasteiger partial charge in [0.05, 0.1) is 0 Å². The third-order valence-electron chi connectivity index (χ3n) is 2.93. The average molecular weight is 286 g/mol. The zero-order valence-corrected chi connectivity index (χ0v) is 12.0. The second-order valence-electron chi connectivity index (χ2n) is 4.61. The molecule has 0 radical (unpaired) electrons. The summed E-state index contributed by atoms with van der Waals surface area (Å²) in [5.74, 6) is -0.282. The highest BCUT2D eigenvalue weighted by Crippen LogP contribution is 1.95. The van der Waals surface area contributed by atoms with Gasteiger partial charge in [-0.05, 0) is 24.6 Å². The number of hydrogen-bond acceptors (Lipinski definition) is 4. The molecule has 6 nitrogen and oxygen atoms in total. The molecule has 2 rings (SSSR count). The van der Waals surface area contributed by atoms with Crippen molar-refractivity contribution in [2.75, 3.05) is 6.54 Å². The van der Waals surface area contributed by atoms with Crippen LogP contribution in [0.3, 0.4) is 0 Å². The number of rotatable bonds is 6. The van der Waals surface area contributed by atoms with Gasteiger partial charge in [0.15, 0.2) is 0 Å². The normalized spacial score (nSPS) is 10.3. The molecule has 0 saturated carbocycles. The minimum absolute atomic E-state index is 0.193. The molecule has 2 aromatic rings. The Labute approximate surface area is 122 Å². The molecule has 110 valence electrons. The van der Waals surface area contributed by atoms with Crippen molar-refractivity contribution in [2.24, 2.45) is 0 Å². The predicted molar refractivity (Wildman–Crippen MR) is 79.1 cm³/mol. The van der Waals surface area contributed by atoms with Crippen molar-refractivity contribution in [3.63, 3.8) is 0 Å². The summed E-state index contributed by atoms with van der Waals surface area (Å²) in [5.41, 5.74) is 0.979. The van der Waals surface area contributed by atoms with Crippen LogP contribution in [-0.4, -0.2) is 27.2 Å². The van der Waals surface area contributed by atoms with Crippen LogP contribution in [0.1, 0.15) is 29.5 Å². The monoisotopic (exact) mass is 286 g/mol. The minimum Gasteiger partial charge on any atom is -0.350 e. The number of pyridine rings is 1. The molecule has 0 atom stereocenters. The van der Waals surface area contributed by atoms with Crippen molar-refractivity contribution in [1.82, 2.24) is 20.1 Å². The molecule has 0 saturated heterocycles. The van der Waals surface area contributed by atoms with Crippen molar-refractivity contribution in [2.45, 2.75) is 26.3 Å². The van der Waals surface area contributed by atoms with Gasteiger partial charge in [-0.15, -0.1) is 0 Å². The lowest BCUT2D eigenvalue weighted by atomic mass is 10.2. The summed E-state index contributed by atoms with van der Waals surface area (Å²) in [4.78, 5) is 27.7. The van der Waals surface area contributed by atoms with E-state index in [-0.39, 0.29) is 17.2 Å². The lowest BCUT2D eigenvalue weighted by molar-refractivity contribution is 0.0946. The van der Waals surface area contributed by atoms with Crippen LogP contribution in [0.15, 0.2) is 41.3 Å². The van der Waals surface area contributed by atoms with E-state index < -0.39 is 0 Å². The maximum atomic E-state index is 12.0. The van der Waals surface area contributed by atoms with Gasteiger partial charge in [0.25, 0.3) is 11.5 Å². The molecule has 0 aliphatic rings. The Morgan fingerprint density at radius 1 is 1.29 bits per heavy atom. The summed E-state index contributed by atoms with van der Waals surface area (Å²) < 4.78 is 1.31. The molecule has 0 aliphatic heterocycles. The highest BCUT2D eigenvalue weighted by Gasteiger charge is 2.08. The standard InChI is InChI=1S/C15H18N4O2/c1-2-11-19-14(20)7-6-13(18-19)15(21)17-10-8-12-5-3-4-9-16-12/h3-7,9H,2,8,10-11H2,1H3,(H,17,21). The fourth-order valence-corrected chi connectivity index (χ4v) is 1.88. The Morgan fingerprint density at radius 2 is 2.14 bits per heavy atom. The van der Waals surface area contributed by atoms with Gasteiger partial charge in [0, 0.05) is 37.5 Å². The zero-order valence-electron chi connectivity index (χ0n) is 12.0. The fourth-order valence-electron chi connectivity index (χ4n) is 1.88. The first-order valence-corrected chi connectivity index (χ1v) is 6.97. The van der Waals surface area contributed by atoms with Crippen molar-refractivity contribution in [3.8, 4) is 0 Å². The van der Waals surface area contributed by atoms with Crippen LogP contribution < -0.4 is 10.9 Å². The third kappa shape index (κ3) is 4.24. The van der Waals surface area contributed by atoms with E-state index in [0.717, 1.165) is 12.1 Å². The van der Waals surface area contributed by atoms with Gasteiger partial charge < -0.3 is 5.32 Å².